The zero-order chi connectivity index (χ0) is 14.5. The lowest BCUT2D eigenvalue weighted by Crippen LogP contribution is -2.45. The van der Waals surface area contributed by atoms with Gasteiger partial charge in [0.25, 0.3) is 0 Å². The highest BCUT2D eigenvalue weighted by Crippen LogP contribution is 2.28. The van der Waals surface area contributed by atoms with Crippen molar-refractivity contribution in [2.24, 2.45) is 0 Å². The fraction of sp³-hybridized carbons (Fsp3) is 0.625. The van der Waals surface area contributed by atoms with Crippen molar-refractivity contribution in [2.45, 2.75) is 32.4 Å². The van der Waals surface area contributed by atoms with Gasteiger partial charge in [0, 0.05) is 36.3 Å². The summed E-state index contributed by atoms with van der Waals surface area (Å²) in [4.78, 5) is 4.90. The first-order valence-corrected chi connectivity index (χ1v) is 8.31. The molecule has 0 radical (unpaired) electrons. The number of benzene rings is 1. The number of nitrogens with zero attached hydrogens (tertiary/aromatic N) is 2. The molecule has 1 saturated heterocycles. The van der Waals surface area contributed by atoms with Crippen molar-refractivity contribution in [1.29, 1.82) is 0 Å². The number of piperidine rings is 1. The third-order valence-corrected chi connectivity index (χ3v) is 4.63. The second kappa shape index (κ2) is 7.43. The average molecular weight is 340 g/mol. The Balaban J connectivity index is 2.18. The number of hydrogen-bond acceptors (Lipinski definition) is 3. The van der Waals surface area contributed by atoms with Crippen LogP contribution >= 0.6 is 15.9 Å². The van der Waals surface area contributed by atoms with E-state index in [-0.39, 0.29) is 0 Å². The van der Waals surface area contributed by atoms with Gasteiger partial charge in [0.1, 0.15) is 0 Å². The Hall–Kier alpha value is -0.580. The van der Waals surface area contributed by atoms with Gasteiger partial charge in [-0.05, 0) is 50.7 Å². The topological polar surface area (TPSA) is 18.5 Å². The Labute approximate surface area is 131 Å². The van der Waals surface area contributed by atoms with E-state index in [2.05, 4.69) is 70.3 Å². The number of anilines is 1. The lowest BCUT2D eigenvalue weighted by Gasteiger charge is -2.38. The van der Waals surface area contributed by atoms with Crippen molar-refractivity contribution in [2.75, 3.05) is 38.6 Å². The highest BCUT2D eigenvalue weighted by molar-refractivity contribution is 9.10. The van der Waals surface area contributed by atoms with Crippen LogP contribution < -0.4 is 10.2 Å². The summed E-state index contributed by atoms with van der Waals surface area (Å²) in [6.07, 6.45) is 2.58. The van der Waals surface area contributed by atoms with Gasteiger partial charge in [-0.2, -0.15) is 0 Å². The van der Waals surface area contributed by atoms with Crippen LogP contribution in [-0.4, -0.2) is 44.7 Å². The van der Waals surface area contributed by atoms with Crippen LogP contribution in [0.5, 0.6) is 0 Å². The van der Waals surface area contributed by atoms with Crippen LogP contribution in [0.4, 0.5) is 5.69 Å². The third kappa shape index (κ3) is 3.96. The largest absolute Gasteiger partial charge is 0.370 e. The summed E-state index contributed by atoms with van der Waals surface area (Å²) in [7, 11) is 4.46. The maximum atomic E-state index is 3.61. The van der Waals surface area contributed by atoms with Crippen LogP contribution in [0, 0.1) is 0 Å². The van der Waals surface area contributed by atoms with Crippen LogP contribution in [-0.2, 0) is 6.54 Å². The molecule has 20 heavy (non-hydrogen) atoms. The van der Waals surface area contributed by atoms with Gasteiger partial charge in [-0.15, -0.1) is 0 Å². The first-order chi connectivity index (χ1) is 9.61. The van der Waals surface area contributed by atoms with Crippen molar-refractivity contribution >= 4 is 21.6 Å². The second-order valence-corrected chi connectivity index (χ2v) is 6.64. The van der Waals surface area contributed by atoms with E-state index >= 15 is 0 Å². The molecule has 0 aliphatic carbocycles. The highest BCUT2D eigenvalue weighted by atomic mass is 79.9. The molecule has 0 spiro atoms. The minimum Gasteiger partial charge on any atom is -0.370 e. The van der Waals surface area contributed by atoms with E-state index in [1.165, 1.54) is 30.6 Å². The van der Waals surface area contributed by atoms with Gasteiger partial charge in [-0.25, -0.2) is 0 Å². The lowest BCUT2D eigenvalue weighted by molar-refractivity contribution is 0.248. The van der Waals surface area contributed by atoms with Crippen LogP contribution in [0.15, 0.2) is 22.7 Å². The molecular formula is C16H26BrN3. The molecule has 1 aromatic carbocycles. The molecule has 3 nitrogen and oxygen atoms in total. The number of rotatable bonds is 5. The summed E-state index contributed by atoms with van der Waals surface area (Å²) in [6.45, 7) is 6.48. The van der Waals surface area contributed by atoms with Gasteiger partial charge >= 0.3 is 0 Å². The molecule has 1 fully saturated rings. The van der Waals surface area contributed by atoms with Gasteiger partial charge in [-0.3, -0.25) is 0 Å². The fourth-order valence-corrected chi connectivity index (χ4v) is 3.28. The van der Waals surface area contributed by atoms with Crippen molar-refractivity contribution in [3.8, 4) is 0 Å². The summed E-state index contributed by atoms with van der Waals surface area (Å²) in [6, 6.07) is 7.23. The van der Waals surface area contributed by atoms with Crippen LogP contribution in [0.2, 0.25) is 0 Å². The van der Waals surface area contributed by atoms with Crippen LogP contribution in [0.25, 0.3) is 0 Å². The monoisotopic (exact) mass is 339 g/mol. The van der Waals surface area contributed by atoms with E-state index < -0.39 is 0 Å². The maximum absolute atomic E-state index is 3.61. The Morgan fingerprint density at radius 3 is 2.95 bits per heavy atom. The average Bonchev–Trinajstić information content (AvgIpc) is 2.45. The van der Waals surface area contributed by atoms with Gasteiger partial charge in [0.15, 0.2) is 0 Å². The van der Waals surface area contributed by atoms with Crippen LogP contribution in [0.3, 0.4) is 0 Å². The molecule has 0 bridgehead atoms. The number of hydrogen-bond donors (Lipinski definition) is 1. The zero-order valence-electron chi connectivity index (χ0n) is 12.8. The first-order valence-electron chi connectivity index (χ1n) is 7.52. The molecule has 1 aromatic rings. The predicted octanol–water partition coefficient (Wildman–Crippen LogP) is 3.09. The Morgan fingerprint density at radius 2 is 2.25 bits per heavy atom. The summed E-state index contributed by atoms with van der Waals surface area (Å²) in [5, 5.41) is 3.44. The van der Waals surface area contributed by atoms with Crippen molar-refractivity contribution in [3.05, 3.63) is 28.2 Å². The van der Waals surface area contributed by atoms with E-state index in [1.54, 1.807) is 0 Å². The molecule has 1 aliphatic heterocycles. The van der Waals surface area contributed by atoms with E-state index in [9.17, 15) is 0 Å². The number of halogens is 1. The molecule has 0 saturated carbocycles. The molecule has 0 aromatic heterocycles. The predicted molar refractivity (Wildman–Crippen MR) is 90.4 cm³/mol. The lowest BCUT2D eigenvalue weighted by atomic mass is 10.0. The Bertz CT molecular complexity index is 436. The summed E-state index contributed by atoms with van der Waals surface area (Å²) in [5.41, 5.74) is 2.73. The second-order valence-electron chi connectivity index (χ2n) is 5.72. The van der Waals surface area contributed by atoms with E-state index in [0.717, 1.165) is 24.1 Å². The van der Waals surface area contributed by atoms with Gasteiger partial charge in [-0.1, -0.05) is 28.9 Å². The van der Waals surface area contributed by atoms with E-state index in [0.29, 0.717) is 6.04 Å². The Kier molecular flexibility index (Phi) is 5.87. The van der Waals surface area contributed by atoms with E-state index in [1.807, 2.05) is 0 Å². The standard InChI is InChI=1S/C16H26BrN3/c1-4-18-11-13-7-8-14(17)10-16(13)20(3)15-6-5-9-19(2)12-15/h7-8,10,15,18H,4-6,9,11-12H2,1-3H3. The molecule has 1 atom stereocenters. The SMILES string of the molecule is CCNCc1ccc(Br)cc1N(C)C1CCCN(C)C1. The zero-order valence-corrected chi connectivity index (χ0v) is 14.4. The number of nitrogens with one attached hydrogen (secondary N) is 1. The molecule has 2 rings (SSSR count). The molecule has 1 N–H and O–H groups in total. The number of likely N-dealkylation sites (N-methyl/N-ethyl adjacent to an activating group) is 2. The van der Waals surface area contributed by atoms with E-state index in [4.69, 9.17) is 0 Å². The molecule has 4 heteroatoms. The first kappa shape index (κ1) is 15.8. The highest BCUT2D eigenvalue weighted by Gasteiger charge is 2.22. The van der Waals surface area contributed by atoms with Crippen LogP contribution in [0.1, 0.15) is 25.3 Å². The third-order valence-electron chi connectivity index (χ3n) is 4.14. The Morgan fingerprint density at radius 1 is 1.45 bits per heavy atom. The fourth-order valence-electron chi connectivity index (χ4n) is 2.93. The summed E-state index contributed by atoms with van der Waals surface area (Å²) >= 11 is 3.61. The molecule has 112 valence electrons. The smallest absolute Gasteiger partial charge is 0.0423 e. The minimum atomic E-state index is 0.614. The summed E-state index contributed by atoms with van der Waals surface area (Å²) < 4.78 is 1.16. The molecule has 1 aliphatic rings. The summed E-state index contributed by atoms with van der Waals surface area (Å²) in [5.74, 6) is 0. The molecule has 1 heterocycles. The van der Waals surface area contributed by atoms with Crippen molar-refractivity contribution in [1.82, 2.24) is 10.2 Å². The minimum absolute atomic E-state index is 0.614. The van der Waals surface area contributed by atoms with Gasteiger partial charge < -0.3 is 15.1 Å². The van der Waals surface area contributed by atoms with Crippen molar-refractivity contribution in [3.63, 3.8) is 0 Å². The maximum Gasteiger partial charge on any atom is 0.0423 e. The van der Waals surface area contributed by atoms with Gasteiger partial charge in [0.2, 0.25) is 0 Å². The van der Waals surface area contributed by atoms with Gasteiger partial charge in [0.05, 0.1) is 0 Å². The molecule has 1 unspecified atom stereocenters. The molecule has 0 amide bonds. The molecular weight excluding hydrogens is 314 g/mol. The van der Waals surface area contributed by atoms with Crippen molar-refractivity contribution < 1.29 is 0 Å². The normalized spacial score (nSPS) is 20.1. The quantitative estimate of drug-likeness (QED) is 0.889. The number of likely N-dealkylation sites (tertiary alicyclic amines) is 1.